The average molecular weight is 443 g/mol. The summed E-state index contributed by atoms with van der Waals surface area (Å²) in [5.41, 5.74) is 2.69. The van der Waals surface area contributed by atoms with E-state index < -0.39 is 10.0 Å². The van der Waals surface area contributed by atoms with Gasteiger partial charge in [0.15, 0.2) is 0 Å². The fraction of sp³-hybridized carbons (Fsp3) is 0.227. The van der Waals surface area contributed by atoms with Gasteiger partial charge in [-0.1, -0.05) is 6.07 Å². The van der Waals surface area contributed by atoms with E-state index in [-0.39, 0.29) is 10.8 Å². The van der Waals surface area contributed by atoms with Crippen LogP contribution in [0.25, 0.3) is 0 Å². The monoisotopic (exact) mass is 442 g/mol. The molecule has 2 heterocycles. The van der Waals surface area contributed by atoms with Gasteiger partial charge >= 0.3 is 0 Å². The lowest BCUT2D eigenvalue weighted by molar-refractivity contribution is 0.0735. The van der Waals surface area contributed by atoms with Gasteiger partial charge in [-0.2, -0.15) is 0 Å². The van der Waals surface area contributed by atoms with E-state index in [0.29, 0.717) is 35.7 Å². The predicted octanol–water partition coefficient (Wildman–Crippen LogP) is 4.06. The number of carbonyl (C=O) groups is 1. The third-order valence-corrected chi connectivity index (χ3v) is 7.68. The van der Waals surface area contributed by atoms with Gasteiger partial charge in [0.05, 0.1) is 17.7 Å². The Morgan fingerprint density at radius 3 is 2.63 bits per heavy atom. The molecule has 1 amide bonds. The van der Waals surface area contributed by atoms with Gasteiger partial charge in [0.2, 0.25) is 0 Å². The van der Waals surface area contributed by atoms with Crippen LogP contribution in [0.3, 0.4) is 0 Å². The molecule has 0 saturated carbocycles. The number of thiophene rings is 1. The van der Waals surface area contributed by atoms with Gasteiger partial charge in [0, 0.05) is 23.5 Å². The number of nitrogens with one attached hydrogen (secondary N) is 1. The summed E-state index contributed by atoms with van der Waals surface area (Å²) in [6.45, 7) is 3.01. The maximum Gasteiger partial charge on any atom is 0.261 e. The third-order valence-electron chi connectivity index (χ3n) is 5.27. The summed E-state index contributed by atoms with van der Waals surface area (Å²) in [6.07, 6.45) is 0.849. The minimum absolute atomic E-state index is 0.0881. The zero-order valence-corrected chi connectivity index (χ0v) is 18.3. The maximum atomic E-state index is 13.1. The van der Waals surface area contributed by atoms with Crippen molar-refractivity contribution in [1.29, 1.82) is 0 Å². The van der Waals surface area contributed by atoms with E-state index in [2.05, 4.69) is 16.2 Å². The number of benzene rings is 2. The molecule has 1 aromatic heterocycles. The summed E-state index contributed by atoms with van der Waals surface area (Å²) in [7, 11) is -2.27. The van der Waals surface area contributed by atoms with Crippen molar-refractivity contribution in [3.8, 4) is 5.75 Å². The predicted molar refractivity (Wildman–Crippen MR) is 118 cm³/mol. The van der Waals surface area contributed by atoms with Crippen molar-refractivity contribution in [3.63, 3.8) is 0 Å². The number of nitrogens with zero attached hydrogens (tertiary/aromatic N) is 1. The fourth-order valence-electron chi connectivity index (χ4n) is 3.53. The van der Waals surface area contributed by atoms with E-state index >= 15 is 0 Å². The van der Waals surface area contributed by atoms with Crippen LogP contribution in [0.15, 0.2) is 58.8 Å². The number of hydrogen-bond donors (Lipinski definition) is 1. The highest BCUT2D eigenvalue weighted by molar-refractivity contribution is 7.92. The first kappa shape index (κ1) is 20.4. The molecule has 0 unspecified atom stereocenters. The molecule has 3 aromatic rings. The Morgan fingerprint density at radius 1 is 1.13 bits per heavy atom. The third kappa shape index (κ3) is 3.93. The molecule has 30 heavy (non-hydrogen) atoms. The van der Waals surface area contributed by atoms with Crippen molar-refractivity contribution in [1.82, 2.24) is 4.90 Å². The van der Waals surface area contributed by atoms with Crippen molar-refractivity contribution in [2.45, 2.75) is 24.8 Å². The smallest absolute Gasteiger partial charge is 0.261 e. The first-order chi connectivity index (χ1) is 14.4. The Labute approximate surface area is 180 Å². The molecule has 0 fully saturated rings. The van der Waals surface area contributed by atoms with Crippen LogP contribution >= 0.6 is 11.3 Å². The van der Waals surface area contributed by atoms with Crippen molar-refractivity contribution in [2.24, 2.45) is 0 Å². The number of hydrogen-bond acceptors (Lipinski definition) is 5. The summed E-state index contributed by atoms with van der Waals surface area (Å²) >= 11 is 1.72. The Morgan fingerprint density at radius 2 is 1.90 bits per heavy atom. The van der Waals surface area contributed by atoms with Crippen LogP contribution in [-0.2, 0) is 23.0 Å². The topological polar surface area (TPSA) is 75.7 Å². The maximum absolute atomic E-state index is 13.1. The second kappa shape index (κ2) is 8.12. The number of anilines is 1. The Balaban J connectivity index is 1.57. The Bertz CT molecular complexity index is 1180. The van der Waals surface area contributed by atoms with Crippen LogP contribution in [0.5, 0.6) is 5.75 Å². The first-order valence-electron chi connectivity index (χ1n) is 9.50. The van der Waals surface area contributed by atoms with Gasteiger partial charge in [-0.05, 0) is 72.3 Å². The van der Waals surface area contributed by atoms with Gasteiger partial charge in [-0.25, -0.2) is 8.42 Å². The summed E-state index contributed by atoms with van der Waals surface area (Å²) in [5, 5.41) is 2.05. The Kier molecular flexibility index (Phi) is 5.53. The molecular weight excluding hydrogens is 420 g/mol. The van der Waals surface area contributed by atoms with E-state index in [1.54, 1.807) is 48.6 Å². The van der Waals surface area contributed by atoms with E-state index in [0.717, 1.165) is 6.42 Å². The van der Waals surface area contributed by atoms with Crippen LogP contribution in [0.4, 0.5) is 5.69 Å². The quantitative estimate of drug-likeness (QED) is 0.646. The number of rotatable bonds is 5. The lowest BCUT2D eigenvalue weighted by Crippen LogP contribution is -2.35. The standard InChI is InChI=1S/C22H22N2O4S2/c1-15-19(22(25)24-12-10-21-16(14-24)11-13-29-21)4-3-5-20(15)23-30(26,27)18-8-6-17(28-2)7-9-18/h3-9,11,13,23H,10,12,14H2,1-2H3. The highest BCUT2D eigenvalue weighted by Gasteiger charge is 2.25. The number of ether oxygens (including phenoxy) is 1. The number of fused-ring (bicyclic) bond motifs is 1. The lowest BCUT2D eigenvalue weighted by atomic mass is 10.0. The van der Waals surface area contributed by atoms with E-state index in [1.165, 1.54) is 29.7 Å². The van der Waals surface area contributed by atoms with Crippen LogP contribution < -0.4 is 9.46 Å². The number of amides is 1. The lowest BCUT2D eigenvalue weighted by Gasteiger charge is -2.28. The largest absolute Gasteiger partial charge is 0.497 e. The second-order valence-corrected chi connectivity index (χ2v) is 9.79. The van der Waals surface area contributed by atoms with Crippen molar-refractivity contribution < 1.29 is 17.9 Å². The first-order valence-corrected chi connectivity index (χ1v) is 11.9. The Hall–Kier alpha value is -2.84. The molecule has 1 N–H and O–H groups in total. The zero-order chi connectivity index (χ0) is 21.3. The summed E-state index contributed by atoms with van der Waals surface area (Å²) in [6, 6.07) is 13.3. The molecule has 0 saturated heterocycles. The molecule has 1 aliphatic rings. The SMILES string of the molecule is COc1ccc(S(=O)(=O)Nc2cccc(C(=O)N3CCc4sccc4C3)c2C)cc1. The second-order valence-electron chi connectivity index (χ2n) is 7.10. The molecule has 8 heteroatoms. The van der Waals surface area contributed by atoms with Gasteiger partial charge < -0.3 is 9.64 Å². The molecule has 4 rings (SSSR count). The highest BCUT2D eigenvalue weighted by Crippen LogP contribution is 2.28. The number of methoxy groups -OCH3 is 1. The molecule has 0 bridgehead atoms. The van der Waals surface area contributed by atoms with Crippen molar-refractivity contribution in [2.75, 3.05) is 18.4 Å². The summed E-state index contributed by atoms with van der Waals surface area (Å²) in [4.78, 5) is 16.4. The van der Waals surface area contributed by atoms with Gasteiger partial charge in [0.25, 0.3) is 15.9 Å². The van der Waals surface area contributed by atoms with Crippen molar-refractivity contribution >= 4 is 33.0 Å². The molecule has 2 aromatic carbocycles. The van der Waals surface area contributed by atoms with E-state index in [4.69, 9.17) is 4.74 Å². The summed E-state index contributed by atoms with van der Waals surface area (Å²) in [5.74, 6) is 0.489. The average Bonchev–Trinajstić information content (AvgIpc) is 3.22. The molecular formula is C22H22N2O4S2. The van der Waals surface area contributed by atoms with Crippen LogP contribution in [0.1, 0.15) is 26.4 Å². The normalized spacial score (nSPS) is 13.6. The minimum Gasteiger partial charge on any atom is -0.497 e. The molecule has 0 radical (unpaired) electrons. The van der Waals surface area contributed by atoms with Gasteiger partial charge in [-0.3, -0.25) is 9.52 Å². The number of carbonyl (C=O) groups excluding carboxylic acids is 1. The van der Waals surface area contributed by atoms with Crippen LogP contribution in [-0.4, -0.2) is 32.9 Å². The number of sulfonamides is 1. The zero-order valence-electron chi connectivity index (χ0n) is 16.7. The fourth-order valence-corrected chi connectivity index (χ4v) is 5.54. The summed E-state index contributed by atoms with van der Waals surface area (Å²) < 4.78 is 33.3. The molecule has 0 atom stereocenters. The van der Waals surface area contributed by atoms with E-state index in [9.17, 15) is 13.2 Å². The molecule has 1 aliphatic heterocycles. The molecule has 0 aliphatic carbocycles. The minimum atomic E-state index is -3.79. The van der Waals surface area contributed by atoms with Gasteiger partial charge in [-0.15, -0.1) is 11.3 Å². The van der Waals surface area contributed by atoms with Gasteiger partial charge in [0.1, 0.15) is 5.75 Å². The molecule has 0 spiro atoms. The molecule has 6 nitrogen and oxygen atoms in total. The van der Waals surface area contributed by atoms with Crippen LogP contribution in [0.2, 0.25) is 0 Å². The van der Waals surface area contributed by atoms with E-state index in [1.807, 2.05) is 4.90 Å². The van der Waals surface area contributed by atoms with Crippen LogP contribution in [0, 0.1) is 6.92 Å². The highest BCUT2D eigenvalue weighted by atomic mass is 32.2. The molecule has 156 valence electrons. The van der Waals surface area contributed by atoms with Crippen molar-refractivity contribution in [3.05, 3.63) is 75.5 Å².